The molecule has 1 saturated heterocycles. The number of nitrogens with zero attached hydrogens (tertiary/aromatic N) is 2. The monoisotopic (exact) mass is 367 g/mol. The number of aromatic nitrogens is 2. The first-order valence-electron chi connectivity index (χ1n) is 8.66. The van der Waals surface area contributed by atoms with E-state index in [-0.39, 0.29) is 36.4 Å². The number of carboxylic acid groups (broad SMARTS) is 1. The molecule has 0 radical (unpaired) electrons. The minimum atomic E-state index is -0.970. The fourth-order valence-electron chi connectivity index (χ4n) is 3.71. The number of carboxylic acids is 1. The van der Waals surface area contributed by atoms with E-state index in [9.17, 15) is 19.1 Å². The molecular formula is C20H18FN3O3. The van der Waals surface area contributed by atoms with E-state index in [1.165, 1.54) is 17.0 Å². The maximum absolute atomic E-state index is 13.2. The second kappa shape index (κ2) is 6.50. The maximum atomic E-state index is 13.2. The van der Waals surface area contributed by atoms with Crippen LogP contribution in [0.2, 0.25) is 0 Å². The number of H-pyrrole nitrogens is 1. The molecule has 2 atom stereocenters. The second-order valence-corrected chi connectivity index (χ2v) is 6.93. The lowest BCUT2D eigenvalue weighted by atomic mass is 9.89. The summed E-state index contributed by atoms with van der Waals surface area (Å²) in [4.78, 5) is 26.3. The van der Waals surface area contributed by atoms with Crippen LogP contribution in [0.4, 0.5) is 4.39 Å². The van der Waals surface area contributed by atoms with Gasteiger partial charge in [-0.2, -0.15) is 5.10 Å². The van der Waals surface area contributed by atoms with Crippen LogP contribution < -0.4 is 0 Å². The van der Waals surface area contributed by atoms with E-state index in [2.05, 4.69) is 10.2 Å². The molecule has 0 unspecified atom stereocenters. The summed E-state index contributed by atoms with van der Waals surface area (Å²) in [6.45, 7) is 2.28. The minimum absolute atomic E-state index is 0.0936. The van der Waals surface area contributed by atoms with Gasteiger partial charge in [-0.05, 0) is 36.8 Å². The van der Waals surface area contributed by atoms with Gasteiger partial charge in [0.05, 0.1) is 11.4 Å². The Bertz CT molecular complexity index is 1030. The van der Waals surface area contributed by atoms with Gasteiger partial charge in [0.25, 0.3) is 5.91 Å². The number of aryl methyl sites for hydroxylation is 1. The van der Waals surface area contributed by atoms with Gasteiger partial charge in [-0.3, -0.25) is 14.7 Å². The van der Waals surface area contributed by atoms with Crippen LogP contribution in [0, 0.1) is 18.7 Å². The molecule has 27 heavy (non-hydrogen) atoms. The molecular weight excluding hydrogens is 349 g/mol. The highest BCUT2D eigenvalue weighted by Crippen LogP contribution is 2.34. The Kier molecular flexibility index (Phi) is 4.14. The van der Waals surface area contributed by atoms with E-state index >= 15 is 0 Å². The van der Waals surface area contributed by atoms with Gasteiger partial charge >= 0.3 is 5.97 Å². The highest BCUT2D eigenvalue weighted by molar-refractivity contribution is 6.05. The van der Waals surface area contributed by atoms with Crippen LogP contribution >= 0.6 is 0 Å². The normalized spacial score (nSPS) is 19.6. The summed E-state index contributed by atoms with van der Waals surface area (Å²) in [7, 11) is 0. The predicted molar refractivity (Wildman–Crippen MR) is 97.0 cm³/mol. The Morgan fingerprint density at radius 3 is 2.63 bits per heavy atom. The summed E-state index contributed by atoms with van der Waals surface area (Å²) in [6.07, 6.45) is 0. The summed E-state index contributed by atoms with van der Waals surface area (Å²) < 4.78 is 13.2. The molecule has 4 rings (SSSR count). The molecule has 3 aromatic rings. The summed E-state index contributed by atoms with van der Waals surface area (Å²) in [6, 6.07) is 11.4. The molecule has 0 saturated carbocycles. The van der Waals surface area contributed by atoms with Crippen molar-refractivity contribution in [1.82, 2.24) is 15.1 Å². The third-order valence-corrected chi connectivity index (χ3v) is 5.14. The lowest BCUT2D eigenvalue weighted by Gasteiger charge is -2.15. The molecule has 1 aliphatic rings. The number of halogens is 1. The first-order chi connectivity index (χ1) is 12.9. The predicted octanol–water partition coefficient (Wildman–Crippen LogP) is 2.95. The highest BCUT2D eigenvalue weighted by atomic mass is 19.1. The molecule has 6 nitrogen and oxygen atoms in total. The number of carbonyl (C=O) groups excluding carboxylic acids is 1. The molecule has 2 aromatic carbocycles. The second-order valence-electron chi connectivity index (χ2n) is 6.93. The average Bonchev–Trinajstić information content (AvgIpc) is 3.26. The molecule has 0 aliphatic carbocycles. The molecule has 1 aliphatic heterocycles. The molecule has 2 heterocycles. The van der Waals surface area contributed by atoms with Crippen molar-refractivity contribution < 1.29 is 19.1 Å². The summed E-state index contributed by atoms with van der Waals surface area (Å²) >= 11 is 0. The zero-order valence-electron chi connectivity index (χ0n) is 14.6. The van der Waals surface area contributed by atoms with Gasteiger partial charge < -0.3 is 10.0 Å². The number of benzene rings is 2. The number of likely N-dealkylation sites (tertiary alicyclic amines) is 1. The van der Waals surface area contributed by atoms with Crippen LogP contribution in [0.15, 0.2) is 42.5 Å². The number of aliphatic carboxylic acids is 1. The van der Waals surface area contributed by atoms with E-state index in [1.54, 1.807) is 12.1 Å². The van der Waals surface area contributed by atoms with Gasteiger partial charge in [0.15, 0.2) is 5.69 Å². The number of rotatable bonds is 3. The first kappa shape index (κ1) is 17.2. The number of nitrogens with one attached hydrogen (secondary N) is 1. The lowest BCUT2D eigenvalue weighted by Crippen LogP contribution is -2.30. The number of fused-ring (bicyclic) bond motifs is 1. The van der Waals surface area contributed by atoms with Crippen molar-refractivity contribution in [3.63, 3.8) is 0 Å². The molecule has 0 spiro atoms. The van der Waals surface area contributed by atoms with E-state index in [1.807, 2.05) is 25.1 Å². The van der Waals surface area contributed by atoms with Gasteiger partial charge in [0, 0.05) is 24.4 Å². The number of aromatic amines is 1. The molecule has 138 valence electrons. The summed E-state index contributed by atoms with van der Waals surface area (Å²) in [5.74, 6) is -2.79. The highest BCUT2D eigenvalue weighted by Gasteiger charge is 2.41. The van der Waals surface area contributed by atoms with E-state index in [0.717, 1.165) is 16.5 Å². The van der Waals surface area contributed by atoms with Crippen molar-refractivity contribution >= 4 is 22.8 Å². The van der Waals surface area contributed by atoms with Crippen LogP contribution in [-0.4, -0.2) is 45.2 Å². The fourth-order valence-corrected chi connectivity index (χ4v) is 3.71. The van der Waals surface area contributed by atoms with Crippen LogP contribution in [0.25, 0.3) is 10.9 Å². The summed E-state index contributed by atoms with van der Waals surface area (Å²) in [5.41, 5.74) is 2.76. The topological polar surface area (TPSA) is 86.3 Å². The Labute approximate surface area is 154 Å². The molecule has 0 bridgehead atoms. The van der Waals surface area contributed by atoms with E-state index in [0.29, 0.717) is 5.56 Å². The molecule has 2 N–H and O–H groups in total. The zero-order valence-corrected chi connectivity index (χ0v) is 14.6. The number of carbonyl (C=O) groups is 2. The summed E-state index contributed by atoms with van der Waals surface area (Å²) in [5, 5.41) is 17.3. The number of amides is 1. The van der Waals surface area contributed by atoms with Crippen molar-refractivity contribution in [2.45, 2.75) is 12.8 Å². The van der Waals surface area contributed by atoms with Gasteiger partial charge in [-0.15, -0.1) is 0 Å². The van der Waals surface area contributed by atoms with Crippen LogP contribution in [0.5, 0.6) is 0 Å². The first-order valence-corrected chi connectivity index (χ1v) is 8.66. The van der Waals surface area contributed by atoms with Gasteiger partial charge in [-0.25, -0.2) is 4.39 Å². The Morgan fingerprint density at radius 1 is 1.19 bits per heavy atom. The molecule has 1 aromatic heterocycles. The lowest BCUT2D eigenvalue weighted by molar-refractivity contribution is -0.141. The number of hydrogen-bond donors (Lipinski definition) is 2. The Balaban J connectivity index is 1.65. The van der Waals surface area contributed by atoms with Crippen LogP contribution in [-0.2, 0) is 4.79 Å². The standard InChI is InChI=1S/C20H18FN3O3/c1-11-2-7-17-14(8-11)18(23-22-17)19(25)24-9-15(16(10-24)20(26)27)12-3-5-13(21)6-4-12/h2-8,15-16H,9-10H2,1H3,(H,22,23)(H,26,27)/t15-,16+/m0/s1. The SMILES string of the molecule is Cc1ccc2[nH]nc(C(=O)N3C[C@@H](C(=O)O)[C@H](c4ccc(F)cc4)C3)c2c1. The van der Waals surface area contributed by atoms with Gasteiger partial charge in [0.2, 0.25) is 0 Å². The quantitative estimate of drug-likeness (QED) is 0.745. The van der Waals surface area contributed by atoms with Crippen LogP contribution in [0.1, 0.15) is 27.5 Å². The average molecular weight is 367 g/mol. The Morgan fingerprint density at radius 2 is 1.93 bits per heavy atom. The van der Waals surface area contributed by atoms with Crippen molar-refractivity contribution in [2.24, 2.45) is 5.92 Å². The minimum Gasteiger partial charge on any atom is -0.481 e. The molecule has 1 amide bonds. The van der Waals surface area contributed by atoms with Crippen LogP contribution in [0.3, 0.4) is 0 Å². The third-order valence-electron chi connectivity index (χ3n) is 5.14. The van der Waals surface area contributed by atoms with Crippen molar-refractivity contribution in [3.05, 3.63) is 65.1 Å². The van der Waals surface area contributed by atoms with Gasteiger partial charge in [0.1, 0.15) is 5.82 Å². The van der Waals surface area contributed by atoms with E-state index in [4.69, 9.17) is 0 Å². The van der Waals surface area contributed by atoms with E-state index < -0.39 is 11.9 Å². The Hall–Kier alpha value is -3.22. The van der Waals surface area contributed by atoms with Crippen molar-refractivity contribution in [1.29, 1.82) is 0 Å². The largest absolute Gasteiger partial charge is 0.481 e. The third kappa shape index (κ3) is 3.05. The smallest absolute Gasteiger partial charge is 0.308 e. The molecule has 7 heteroatoms. The maximum Gasteiger partial charge on any atom is 0.308 e. The van der Waals surface area contributed by atoms with Crippen molar-refractivity contribution in [3.8, 4) is 0 Å². The van der Waals surface area contributed by atoms with Crippen molar-refractivity contribution in [2.75, 3.05) is 13.1 Å². The zero-order chi connectivity index (χ0) is 19.1. The molecule has 1 fully saturated rings. The van der Waals surface area contributed by atoms with Gasteiger partial charge in [-0.1, -0.05) is 23.8 Å². The number of hydrogen-bond acceptors (Lipinski definition) is 3. The fraction of sp³-hybridized carbons (Fsp3) is 0.250.